The molecule has 0 aliphatic carbocycles. The van der Waals surface area contributed by atoms with E-state index in [2.05, 4.69) is 99.4 Å². The van der Waals surface area contributed by atoms with Gasteiger partial charge in [0.1, 0.15) is 30.2 Å². The molecule has 6 aromatic rings. The van der Waals surface area contributed by atoms with Gasteiger partial charge in [-0.05, 0) is 64.0 Å². The first-order chi connectivity index (χ1) is 35.2. The highest BCUT2D eigenvalue weighted by atomic mass is 32.2. The van der Waals surface area contributed by atoms with Gasteiger partial charge in [0.2, 0.25) is 29.5 Å². The number of carbonyl (C=O) groups is 5. The summed E-state index contributed by atoms with van der Waals surface area (Å²) in [5.41, 5.74) is 5.79. The zero-order valence-corrected chi connectivity index (χ0v) is 44.3. The maximum Gasteiger partial charge on any atom is 0.244 e. The minimum atomic E-state index is -1.23. The van der Waals surface area contributed by atoms with Crippen molar-refractivity contribution in [2.75, 3.05) is 11.5 Å². The summed E-state index contributed by atoms with van der Waals surface area (Å²) in [6, 6.07) is 54.9. The fourth-order valence-electron chi connectivity index (χ4n) is 9.59. The van der Waals surface area contributed by atoms with Crippen molar-refractivity contribution in [3.63, 3.8) is 0 Å². The Morgan fingerprint density at radius 1 is 0.342 bits per heavy atom. The Labute approximate surface area is 440 Å². The highest BCUT2D eigenvalue weighted by molar-refractivity contribution is 8.01. The lowest BCUT2D eigenvalue weighted by atomic mass is 9.84. The van der Waals surface area contributed by atoms with Crippen molar-refractivity contribution in [2.24, 2.45) is 17.8 Å². The molecule has 7 rings (SSSR count). The molecule has 1 aliphatic heterocycles. The third kappa shape index (κ3) is 13.1. The first kappa shape index (κ1) is 54.2. The molecule has 5 amide bonds. The average Bonchev–Trinajstić information content (AvgIpc) is 3.40. The van der Waals surface area contributed by atoms with Crippen molar-refractivity contribution in [2.45, 2.75) is 94.1 Å². The summed E-state index contributed by atoms with van der Waals surface area (Å²) in [5, 5.41) is 15.2. The van der Waals surface area contributed by atoms with Gasteiger partial charge in [-0.1, -0.05) is 224 Å². The first-order valence-corrected chi connectivity index (χ1v) is 27.3. The number of carbonyl (C=O) groups excluding carboxylic acids is 5. The molecule has 0 radical (unpaired) electrons. The van der Waals surface area contributed by atoms with E-state index in [4.69, 9.17) is 0 Å². The summed E-state index contributed by atoms with van der Waals surface area (Å²) in [6.45, 7) is 11.5. The molecular weight excluding hydrogens is 947 g/mol. The third-order valence-corrected chi connectivity index (χ3v) is 16.5. The predicted molar refractivity (Wildman–Crippen MR) is 297 cm³/mol. The number of hydrogen-bond acceptors (Lipinski definition) is 7. The zero-order chi connectivity index (χ0) is 52.0. The second-order valence-electron chi connectivity index (χ2n) is 19.9. The number of thioether (sulfide) groups is 2. The van der Waals surface area contributed by atoms with Crippen molar-refractivity contribution in [1.82, 2.24) is 26.6 Å². The number of benzene rings is 6. The van der Waals surface area contributed by atoms with Crippen LogP contribution in [0.15, 0.2) is 182 Å². The van der Waals surface area contributed by atoms with Crippen molar-refractivity contribution in [3.8, 4) is 0 Å². The molecule has 10 nitrogen and oxygen atoms in total. The van der Waals surface area contributed by atoms with Crippen LogP contribution in [-0.2, 0) is 33.5 Å². The molecule has 5 atom stereocenters. The topological polar surface area (TPSA) is 146 Å². The van der Waals surface area contributed by atoms with Crippen LogP contribution >= 0.6 is 23.5 Å². The smallest absolute Gasteiger partial charge is 0.244 e. The molecule has 0 aromatic heterocycles. The van der Waals surface area contributed by atoms with Crippen LogP contribution in [0, 0.1) is 17.8 Å². The van der Waals surface area contributed by atoms with Crippen LogP contribution in [0.3, 0.4) is 0 Å². The van der Waals surface area contributed by atoms with E-state index in [1.165, 1.54) is 23.5 Å². The molecular formula is C61H69N5O5S2. The number of rotatable bonds is 17. The number of amides is 5. The van der Waals surface area contributed by atoms with E-state index in [1.54, 1.807) is 0 Å². The molecule has 0 unspecified atom stereocenters. The van der Waals surface area contributed by atoms with Gasteiger partial charge < -0.3 is 26.6 Å². The van der Waals surface area contributed by atoms with Gasteiger partial charge in [0.15, 0.2) is 0 Å². The molecule has 1 heterocycles. The zero-order valence-electron chi connectivity index (χ0n) is 42.6. The van der Waals surface area contributed by atoms with Gasteiger partial charge in [0.05, 0.1) is 9.49 Å². The molecule has 6 aromatic carbocycles. The second-order valence-corrected chi connectivity index (χ2v) is 22.4. The Balaban J connectivity index is 1.38. The molecule has 0 spiro atoms. The van der Waals surface area contributed by atoms with Gasteiger partial charge in [-0.15, -0.1) is 23.5 Å². The normalized spacial score (nSPS) is 19.5. The van der Waals surface area contributed by atoms with Crippen LogP contribution in [0.1, 0.15) is 87.8 Å². The Morgan fingerprint density at radius 2 is 0.575 bits per heavy atom. The van der Waals surface area contributed by atoms with E-state index >= 15 is 9.59 Å². The lowest BCUT2D eigenvalue weighted by molar-refractivity contribution is -0.134. The minimum absolute atomic E-state index is 0.00884. The van der Waals surface area contributed by atoms with Crippen LogP contribution in [0.25, 0.3) is 0 Å². The maximum atomic E-state index is 15.6. The Kier molecular flexibility index (Phi) is 18.8. The summed E-state index contributed by atoms with van der Waals surface area (Å²) >= 11 is 3.01. The van der Waals surface area contributed by atoms with Crippen molar-refractivity contribution < 1.29 is 24.0 Å². The van der Waals surface area contributed by atoms with Crippen LogP contribution in [0.2, 0.25) is 0 Å². The molecule has 380 valence electrons. The Morgan fingerprint density at radius 3 is 0.836 bits per heavy atom. The van der Waals surface area contributed by atoms with Gasteiger partial charge in [0.25, 0.3) is 0 Å². The molecule has 1 saturated heterocycles. The lowest BCUT2D eigenvalue weighted by Crippen LogP contribution is -2.60. The summed E-state index contributed by atoms with van der Waals surface area (Å²) in [7, 11) is 0. The van der Waals surface area contributed by atoms with Gasteiger partial charge in [-0.3, -0.25) is 24.0 Å². The Bertz CT molecular complexity index is 2540. The largest absolute Gasteiger partial charge is 0.343 e. The van der Waals surface area contributed by atoms with Crippen LogP contribution in [0.4, 0.5) is 0 Å². The highest BCUT2D eigenvalue weighted by Crippen LogP contribution is 2.50. The number of nitrogens with one attached hydrogen (secondary N) is 5. The summed E-state index contributed by atoms with van der Waals surface area (Å²) < 4.78 is -1.74. The van der Waals surface area contributed by atoms with Gasteiger partial charge in [-0.25, -0.2) is 0 Å². The van der Waals surface area contributed by atoms with E-state index in [-0.39, 0.29) is 36.2 Å². The van der Waals surface area contributed by atoms with Gasteiger partial charge in [-0.2, -0.15) is 0 Å². The molecule has 12 heteroatoms. The number of hydrogen-bond donors (Lipinski definition) is 5. The summed E-state index contributed by atoms with van der Waals surface area (Å²) in [5.74, 6) is -3.15. The van der Waals surface area contributed by atoms with Crippen molar-refractivity contribution in [1.29, 1.82) is 0 Å². The van der Waals surface area contributed by atoms with E-state index in [0.717, 1.165) is 33.4 Å². The SMILES string of the molecule is CC(C)C[C@@H]1NC(=O)[C@@H](CC(C)C)NC(=O)[C@H](C(C)C)NC(=O)[C@@H](CSC(c2ccccc2)(c2ccccc2)c2ccccc2)NC(=O)[C@@H](CSC(c2ccccc2)(c2ccccc2)c2ccccc2)NC1=O. The van der Waals surface area contributed by atoms with Crippen molar-refractivity contribution in [3.05, 3.63) is 215 Å². The second kappa shape index (κ2) is 25.3. The predicted octanol–water partition coefficient (Wildman–Crippen LogP) is 9.62. The van der Waals surface area contributed by atoms with Gasteiger partial charge in [0, 0.05) is 11.5 Å². The highest BCUT2D eigenvalue weighted by Gasteiger charge is 2.43. The van der Waals surface area contributed by atoms with Gasteiger partial charge >= 0.3 is 0 Å². The van der Waals surface area contributed by atoms with Crippen LogP contribution < -0.4 is 26.6 Å². The standard InChI is InChI=1S/C61H69N5O5S2/c1-41(2)37-50-56(68)64-52(39-72-60(44-25-13-7-14-26-44,45-27-15-8-16-28-45)46-29-17-9-18-30-46)57(69)65-53(58(70)66-54(43(5)6)59(71)63-51(38-42(3)4)55(67)62-50)40-73-61(47-31-19-10-20-32-47,48-33-21-11-22-34-48)49-35-23-12-24-36-49/h7-36,41-43,50-54H,37-40H2,1-6H3,(H,62,67)(H,63,71)(H,64,68)(H,65,69)(H,66,70)/t50-,51+,52+,53+,54-/m0/s1. The fraction of sp³-hybridized carbons (Fsp3) is 0.328. The average molecular weight is 1020 g/mol. The summed E-state index contributed by atoms with van der Waals surface area (Å²) in [6.07, 6.45) is 0.545. The van der Waals surface area contributed by atoms with Crippen LogP contribution in [0.5, 0.6) is 0 Å². The van der Waals surface area contributed by atoms with Crippen molar-refractivity contribution >= 4 is 53.1 Å². The van der Waals surface area contributed by atoms with E-state index in [0.29, 0.717) is 0 Å². The Hall–Kier alpha value is -6.63. The van der Waals surface area contributed by atoms with E-state index in [1.807, 2.05) is 151 Å². The third-order valence-electron chi connectivity index (χ3n) is 13.2. The summed E-state index contributed by atoms with van der Waals surface area (Å²) in [4.78, 5) is 74.6. The molecule has 1 fully saturated rings. The molecule has 0 saturated carbocycles. The first-order valence-electron chi connectivity index (χ1n) is 25.4. The molecule has 73 heavy (non-hydrogen) atoms. The fourth-order valence-corrected chi connectivity index (χ4v) is 12.7. The monoisotopic (exact) mass is 1020 g/mol. The molecule has 1 aliphatic rings. The minimum Gasteiger partial charge on any atom is -0.343 e. The van der Waals surface area contributed by atoms with Crippen LogP contribution in [-0.4, -0.2) is 71.3 Å². The van der Waals surface area contributed by atoms with E-state index in [9.17, 15) is 14.4 Å². The molecule has 5 N–H and O–H groups in total. The van der Waals surface area contributed by atoms with E-state index < -0.39 is 75.2 Å². The maximum absolute atomic E-state index is 15.6. The lowest BCUT2D eigenvalue weighted by Gasteiger charge is -2.37. The quantitative estimate of drug-likeness (QED) is 0.0573. The molecule has 0 bridgehead atoms.